The lowest BCUT2D eigenvalue weighted by atomic mass is 9.92. The summed E-state index contributed by atoms with van der Waals surface area (Å²) in [6, 6.07) is 24.3. The van der Waals surface area contributed by atoms with Crippen LogP contribution in [0.5, 0.6) is 5.75 Å². The second-order valence-corrected chi connectivity index (χ2v) is 7.63. The van der Waals surface area contributed by atoms with Gasteiger partial charge in [-0.3, -0.25) is 4.79 Å². The van der Waals surface area contributed by atoms with E-state index in [0.717, 1.165) is 35.2 Å². The largest absolute Gasteiger partial charge is 0.423 e. The fraction of sp³-hybridized carbons (Fsp3) is 0.154. The maximum Gasteiger partial charge on any atom is 0.336 e. The molecule has 0 fully saturated rings. The average molecular weight is 410 g/mol. The molecule has 0 aliphatic carbocycles. The van der Waals surface area contributed by atoms with Crippen LogP contribution >= 0.6 is 0 Å². The van der Waals surface area contributed by atoms with Crippen molar-refractivity contribution < 1.29 is 9.53 Å². The van der Waals surface area contributed by atoms with E-state index < -0.39 is 5.97 Å². The third-order valence-corrected chi connectivity index (χ3v) is 5.68. The van der Waals surface area contributed by atoms with Crippen LogP contribution in [-0.4, -0.2) is 15.3 Å². The molecule has 1 atom stereocenters. The summed E-state index contributed by atoms with van der Waals surface area (Å²) in [6.07, 6.45) is 3.14. The number of carbonyl (C=O) groups excluding carboxylic acids is 1. The van der Waals surface area contributed by atoms with Crippen molar-refractivity contribution in [3.63, 3.8) is 0 Å². The minimum Gasteiger partial charge on any atom is -0.423 e. The summed E-state index contributed by atoms with van der Waals surface area (Å²) in [5, 5.41) is 0.673. The number of carbonyl (C=O) groups is 1. The van der Waals surface area contributed by atoms with Crippen LogP contribution < -0.4 is 10.3 Å². The normalized spacial score (nSPS) is 16.2. The van der Waals surface area contributed by atoms with E-state index in [9.17, 15) is 9.59 Å². The highest BCUT2D eigenvalue weighted by Gasteiger charge is 2.32. The highest BCUT2D eigenvalue weighted by molar-refractivity contribution is 5.96. The summed E-state index contributed by atoms with van der Waals surface area (Å²) in [4.78, 5) is 26.2. The maximum absolute atomic E-state index is 13.4. The van der Waals surface area contributed by atoms with E-state index in [1.54, 1.807) is 22.9 Å². The van der Waals surface area contributed by atoms with Crippen LogP contribution in [0.1, 0.15) is 31.4 Å². The Bertz CT molecular complexity index is 1360. The maximum atomic E-state index is 13.4. The molecule has 1 aliphatic rings. The minimum absolute atomic E-state index is 0.0501. The van der Waals surface area contributed by atoms with Crippen LogP contribution in [0.15, 0.2) is 89.7 Å². The molecule has 0 saturated carbocycles. The first-order chi connectivity index (χ1) is 15.2. The van der Waals surface area contributed by atoms with Gasteiger partial charge in [0.2, 0.25) is 0 Å². The van der Waals surface area contributed by atoms with Crippen molar-refractivity contribution in [2.75, 3.05) is 0 Å². The lowest BCUT2D eigenvalue weighted by Crippen LogP contribution is -2.32. The molecule has 0 N–H and O–H groups in total. The third-order valence-electron chi connectivity index (χ3n) is 5.68. The number of ether oxygens (including phenoxy) is 1. The van der Waals surface area contributed by atoms with E-state index >= 15 is 0 Å². The van der Waals surface area contributed by atoms with Gasteiger partial charge in [0.15, 0.2) is 0 Å². The Labute approximate surface area is 179 Å². The molecule has 3 aromatic carbocycles. The Morgan fingerprint density at radius 1 is 0.968 bits per heavy atom. The number of hydrogen-bond acceptors (Lipinski definition) is 3. The molecule has 1 aliphatic heterocycles. The average Bonchev–Trinajstić information content (AvgIpc) is 3.09. The van der Waals surface area contributed by atoms with Gasteiger partial charge in [-0.2, -0.15) is 0 Å². The summed E-state index contributed by atoms with van der Waals surface area (Å²) in [5.41, 5.74) is 3.44. The van der Waals surface area contributed by atoms with Gasteiger partial charge in [0.25, 0.3) is 5.56 Å². The summed E-state index contributed by atoms with van der Waals surface area (Å²) >= 11 is 0. The van der Waals surface area contributed by atoms with Gasteiger partial charge in [-0.05, 0) is 42.3 Å². The molecule has 5 rings (SSSR count). The SMILES string of the molecule is CCCC1/C(=C\C(=O)Oc2ccccc2)c2ccccc2-n2c3ccccc3c(=O)n21. The lowest BCUT2D eigenvalue weighted by molar-refractivity contribution is -0.128. The number of rotatable bonds is 4. The molecule has 31 heavy (non-hydrogen) atoms. The molecule has 154 valence electrons. The summed E-state index contributed by atoms with van der Waals surface area (Å²) < 4.78 is 9.31. The Morgan fingerprint density at radius 3 is 2.48 bits per heavy atom. The topological polar surface area (TPSA) is 53.2 Å². The van der Waals surface area contributed by atoms with E-state index in [0.29, 0.717) is 11.1 Å². The molecular formula is C26H22N2O3. The predicted octanol–water partition coefficient (Wildman–Crippen LogP) is 5.14. The number of esters is 1. The monoisotopic (exact) mass is 410 g/mol. The molecule has 5 nitrogen and oxygen atoms in total. The molecule has 4 aromatic rings. The van der Waals surface area contributed by atoms with Gasteiger partial charge in [0.05, 0.1) is 22.6 Å². The molecule has 5 heteroatoms. The van der Waals surface area contributed by atoms with E-state index in [2.05, 4.69) is 6.92 Å². The summed E-state index contributed by atoms with van der Waals surface area (Å²) in [5.74, 6) is 0.0430. The zero-order chi connectivity index (χ0) is 21.4. The standard InChI is InChI=1S/C26H22N2O3/c1-2-10-22-21(17-25(29)31-18-11-4-3-5-12-18)19-13-6-8-15-23(19)27-24-16-9-7-14-20(24)26(30)28(22)27/h3-9,11-17,22H,2,10H2,1H3/b21-17-. The number of allylic oxidation sites excluding steroid dienone is 1. The van der Waals surface area contributed by atoms with Gasteiger partial charge in [0, 0.05) is 11.6 Å². The Balaban J connectivity index is 1.71. The van der Waals surface area contributed by atoms with Crippen LogP contribution in [0, 0.1) is 0 Å². The van der Waals surface area contributed by atoms with Gasteiger partial charge >= 0.3 is 5.97 Å². The summed E-state index contributed by atoms with van der Waals surface area (Å²) in [6.45, 7) is 2.08. The molecule has 0 spiro atoms. The number of para-hydroxylation sites is 3. The van der Waals surface area contributed by atoms with Gasteiger partial charge in [0.1, 0.15) is 5.75 Å². The zero-order valence-corrected chi connectivity index (χ0v) is 17.2. The van der Waals surface area contributed by atoms with Crippen LogP contribution in [0.3, 0.4) is 0 Å². The fourth-order valence-corrected chi connectivity index (χ4v) is 4.40. The highest BCUT2D eigenvalue weighted by Crippen LogP contribution is 2.40. The third kappa shape index (κ3) is 3.19. The van der Waals surface area contributed by atoms with Gasteiger partial charge in [-0.1, -0.05) is 61.9 Å². The van der Waals surface area contributed by atoms with Crippen molar-refractivity contribution in [3.05, 3.63) is 101 Å². The van der Waals surface area contributed by atoms with Gasteiger partial charge in [-0.15, -0.1) is 0 Å². The summed E-state index contributed by atoms with van der Waals surface area (Å²) in [7, 11) is 0. The van der Waals surface area contributed by atoms with Gasteiger partial charge < -0.3 is 4.74 Å². The molecule has 0 saturated heterocycles. The highest BCUT2D eigenvalue weighted by atomic mass is 16.5. The van der Waals surface area contributed by atoms with Crippen molar-refractivity contribution in [1.82, 2.24) is 9.36 Å². The Morgan fingerprint density at radius 2 is 1.68 bits per heavy atom. The van der Waals surface area contributed by atoms with Crippen LogP contribution in [-0.2, 0) is 4.79 Å². The number of hydrogen-bond donors (Lipinski definition) is 0. The number of aromatic nitrogens is 2. The molecule has 1 aromatic heterocycles. The van der Waals surface area contributed by atoms with Crippen molar-refractivity contribution in [3.8, 4) is 11.4 Å². The van der Waals surface area contributed by atoms with Crippen LogP contribution in [0.25, 0.3) is 22.2 Å². The molecule has 1 unspecified atom stereocenters. The molecule has 0 bridgehead atoms. The first-order valence-corrected chi connectivity index (χ1v) is 10.5. The van der Waals surface area contributed by atoms with Crippen LogP contribution in [0.4, 0.5) is 0 Å². The molecule has 0 radical (unpaired) electrons. The Hall–Kier alpha value is -3.86. The van der Waals surface area contributed by atoms with E-state index in [1.807, 2.05) is 71.4 Å². The molecule has 2 heterocycles. The number of fused-ring (bicyclic) bond motifs is 5. The van der Waals surface area contributed by atoms with E-state index in [1.165, 1.54) is 0 Å². The van der Waals surface area contributed by atoms with E-state index in [4.69, 9.17) is 4.74 Å². The van der Waals surface area contributed by atoms with Crippen molar-refractivity contribution >= 4 is 22.4 Å². The predicted molar refractivity (Wildman–Crippen MR) is 122 cm³/mol. The van der Waals surface area contributed by atoms with E-state index in [-0.39, 0.29) is 11.6 Å². The van der Waals surface area contributed by atoms with Gasteiger partial charge in [-0.25, -0.2) is 14.2 Å². The second-order valence-electron chi connectivity index (χ2n) is 7.63. The van der Waals surface area contributed by atoms with Crippen molar-refractivity contribution in [1.29, 1.82) is 0 Å². The molecule has 0 amide bonds. The Kier molecular flexibility index (Phi) is 4.79. The smallest absolute Gasteiger partial charge is 0.336 e. The number of benzene rings is 3. The van der Waals surface area contributed by atoms with Crippen molar-refractivity contribution in [2.45, 2.75) is 25.8 Å². The quantitative estimate of drug-likeness (QED) is 0.266. The first-order valence-electron chi connectivity index (χ1n) is 10.5. The second kappa shape index (κ2) is 7.76. The zero-order valence-electron chi connectivity index (χ0n) is 17.2. The van der Waals surface area contributed by atoms with Crippen molar-refractivity contribution in [2.24, 2.45) is 0 Å². The lowest BCUT2D eigenvalue weighted by Gasteiger charge is -2.31. The molecular weight excluding hydrogens is 388 g/mol. The first kappa shape index (κ1) is 19.1. The number of nitrogens with zero attached hydrogens (tertiary/aromatic N) is 2. The van der Waals surface area contributed by atoms with Crippen LogP contribution in [0.2, 0.25) is 0 Å². The minimum atomic E-state index is -0.449. The fourth-order valence-electron chi connectivity index (χ4n) is 4.40.